The first-order valence-corrected chi connectivity index (χ1v) is 8.23. The van der Waals surface area contributed by atoms with E-state index in [2.05, 4.69) is 0 Å². The zero-order valence-corrected chi connectivity index (χ0v) is 15.1. The molecule has 0 aromatic heterocycles. The molecule has 27 heavy (non-hydrogen) atoms. The molecule has 0 unspecified atom stereocenters. The van der Waals surface area contributed by atoms with Crippen LogP contribution >= 0.6 is 0 Å². The van der Waals surface area contributed by atoms with E-state index in [0.29, 0.717) is 16.9 Å². The summed E-state index contributed by atoms with van der Waals surface area (Å²) in [4.78, 5) is 36.2. The molecule has 0 bridgehead atoms. The Morgan fingerprint density at radius 3 is 2.30 bits per heavy atom. The molecule has 0 aliphatic heterocycles. The summed E-state index contributed by atoms with van der Waals surface area (Å²) >= 11 is 0. The minimum absolute atomic E-state index is 0.0704. The maximum Gasteiger partial charge on any atom is 0.344 e. The highest BCUT2D eigenvalue weighted by atomic mass is 19.1. The van der Waals surface area contributed by atoms with Crippen LogP contribution in [0, 0.1) is 5.82 Å². The summed E-state index contributed by atoms with van der Waals surface area (Å²) < 4.78 is 23.7. The van der Waals surface area contributed by atoms with Crippen LogP contribution in [0.1, 0.15) is 22.8 Å². The highest BCUT2D eigenvalue weighted by Gasteiger charge is 2.14. The van der Waals surface area contributed by atoms with Crippen molar-refractivity contribution in [2.75, 3.05) is 20.3 Å². The molecule has 0 fully saturated rings. The van der Waals surface area contributed by atoms with E-state index in [1.165, 1.54) is 24.9 Å². The Morgan fingerprint density at radius 1 is 1.00 bits per heavy atom. The van der Waals surface area contributed by atoms with Crippen LogP contribution < -0.4 is 4.74 Å². The first-order valence-electron chi connectivity index (χ1n) is 8.23. The number of carbonyl (C=O) groups is 3. The van der Waals surface area contributed by atoms with Crippen molar-refractivity contribution < 1.29 is 28.2 Å². The first-order chi connectivity index (χ1) is 12.9. The van der Waals surface area contributed by atoms with E-state index < -0.39 is 24.3 Å². The minimum Gasteiger partial charge on any atom is -0.482 e. The lowest BCUT2D eigenvalue weighted by atomic mass is 10.1. The molecule has 0 saturated carbocycles. The van der Waals surface area contributed by atoms with Gasteiger partial charge in [-0.1, -0.05) is 18.2 Å². The van der Waals surface area contributed by atoms with Gasteiger partial charge in [0.1, 0.15) is 11.6 Å². The predicted octanol–water partition coefficient (Wildman–Crippen LogP) is 2.61. The van der Waals surface area contributed by atoms with E-state index in [1.807, 2.05) is 0 Å². The Kier molecular flexibility index (Phi) is 7.05. The van der Waals surface area contributed by atoms with Gasteiger partial charge in [-0.2, -0.15) is 0 Å². The van der Waals surface area contributed by atoms with Gasteiger partial charge in [0.2, 0.25) is 0 Å². The second-order valence-electron chi connectivity index (χ2n) is 5.87. The lowest BCUT2D eigenvalue weighted by Gasteiger charge is -2.17. The monoisotopic (exact) mass is 373 g/mol. The fraction of sp³-hybridized carbons (Fsp3) is 0.250. The number of benzene rings is 2. The second kappa shape index (κ2) is 9.47. The summed E-state index contributed by atoms with van der Waals surface area (Å²) in [6, 6.07) is 12.4. The van der Waals surface area contributed by atoms with Gasteiger partial charge in [-0.05, 0) is 37.3 Å². The average Bonchev–Trinajstić information content (AvgIpc) is 2.66. The van der Waals surface area contributed by atoms with Crippen LogP contribution in [0.2, 0.25) is 0 Å². The number of halogens is 1. The summed E-state index contributed by atoms with van der Waals surface area (Å²) in [5, 5.41) is 0. The number of Topliss-reactive ketones (excluding diaryl/α,β-unsaturated/α-hetero) is 1. The molecule has 142 valence electrons. The third kappa shape index (κ3) is 6.22. The van der Waals surface area contributed by atoms with E-state index in [1.54, 1.807) is 42.5 Å². The number of rotatable bonds is 8. The highest BCUT2D eigenvalue weighted by molar-refractivity contribution is 5.94. The van der Waals surface area contributed by atoms with Gasteiger partial charge in [-0.25, -0.2) is 9.18 Å². The molecule has 0 spiro atoms. The molecule has 0 saturated heterocycles. The lowest BCUT2D eigenvalue weighted by molar-refractivity contribution is -0.153. The van der Waals surface area contributed by atoms with Gasteiger partial charge in [0.15, 0.2) is 19.0 Å². The molecule has 0 aliphatic rings. The largest absolute Gasteiger partial charge is 0.482 e. The highest BCUT2D eigenvalue weighted by Crippen LogP contribution is 2.12. The molecule has 0 aliphatic carbocycles. The van der Waals surface area contributed by atoms with E-state index in [-0.39, 0.29) is 18.9 Å². The smallest absolute Gasteiger partial charge is 0.344 e. The third-order valence-corrected chi connectivity index (χ3v) is 3.77. The van der Waals surface area contributed by atoms with Gasteiger partial charge in [-0.15, -0.1) is 0 Å². The summed E-state index contributed by atoms with van der Waals surface area (Å²) in [6.45, 7) is 0.690. The van der Waals surface area contributed by atoms with Crippen molar-refractivity contribution in [1.29, 1.82) is 0 Å². The Hall–Kier alpha value is -3.22. The molecule has 0 N–H and O–H groups in total. The molecule has 1 amide bonds. The summed E-state index contributed by atoms with van der Waals surface area (Å²) in [5.74, 6) is -1.24. The van der Waals surface area contributed by atoms with Crippen LogP contribution in [0.25, 0.3) is 0 Å². The normalized spacial score (nSPS) is 10.2. The zero-order valence-electron chi connectivity index (χ0n) is 15.1. The van der Waals surface area contributed by atoms with E-state index in [9.17, 15) is 18.8 Å². The van der Waals surface area contributed by atoms with Crippen LogP contribution in [0.15, 0.2) is 48.5 Å². The van der Waals surface area contributed by atoms with Crippen molar-refractivity contribution in [1.82, 2.24) is 4.90 Å². The van der Waals surface area contributed by atoms with Crippen molar-refractivity contribution in [3.05, 3.63) is 65.5 Å². The van der Waals surface area contributed by atoms with Gasteiger partial charge >= 0.3 is 5.97 Å². The second-order valence-corrected chi connectivity index (χ2v) is 5.87. The number of carbonyl (C=O) groups excluding carboxylic acids is 3. The number of hydrogen-bond acceptors (Lipinski definition) is 5. The molecule has 0 atom stereocenters. The van der Waals surface area contributed by atoms with Crippen LogP contribution in [0.5, 0.6) is 5.75 Å². The lowest BCUT2D eigenvalue weighted by Crippen LogP contribution is -2.31. The Balaban J connectivity index is 1.75. The van der Waals surface area contributed by atoms with Gasteiger partial charge in [-0.3, -0.25) is 9.59 Å². The number of nitrogens with zero attached hydrogens (tertiary/aromatic N) is 1. The molecule has 6 nitrogen and oxygen atoms in total. The standard InChI is InChI=1S/C20H20FNO5/c1-14(23)15-7-9-17(10-8-15)26-13-20(25)27-12-19(24)22(2)11-16-5-3-4-6-18(16)21/h3-10H,11-13H2,1-2H3. The van der Waals surface area contributed by atoms with Crippen molar-refractivity contribution in [3.8, 4) is 5.75 Å². The van der Waals surface area contributed by atoms with Gasteiger partial charge in [0.25, 0.3) is 5.91 Å². The molecule has 2 aromatic rings. The van der Waals surface area contributed by atoms with Crippen molar-refractivity contribution in [2.24, 2.45) is 0 Å². The number of esters is 1. The molecular weight excluding hydrogens is 353 g/mol. The number of amides is 1. The first kappa shape index (κ1) is 20.1. The Morgan fingerprint density at radius 2 is 1.67 bits per heavy atom. The quantitative estimate of drug-likeness (QED) is 0.525. The predicted molar refractivity (Wildman–Crippen MR) is 95.8 cm³/mol. The van der Waals surface area contributed by atoms with Crippen molar-refractivity contribution in [3.63, 3.8) is 0 Å². The minimum atomic E-state index is -0.710. The van der Waals surface area contributed by atoms with Gasteiger partial charge < -0.3 is 14.4 Å². The maximum absolute atomic E-state index is 13.6. The van der Waals surface area contributed by atoms with Crippen LogP contribution in [-0.2, 0) is 20.9 Å². The number of likely N-dealkylation sites (N-methyl/N-ethyl adjacent to an activating group) is 1. The maximum atomic E-state index is 13.6. The summed E-state index contributed by atoms with van der Waals surface area (Å²) in [6.07, 6.45) is 0. The van der Waals surface area contributed by atoms with Gasteiger partial charge in [0.05, 0.1) is 0 Å². The molecule has 2 rings (SSSR count). The molecule has 2 aromatic carbocycles. The molecule has 0 radical (unpaired) electrons. The van der Waals surface area contributed by atoms with Crippen molar-refractivity contribution in [2.45, 2.75) is 13.5 Å². The zero-order chi connectivity index (χ0) is 19.8. The average molecular weight is 373 g/mol. The Bertz CT molecular complexity index is 819. The number of hydrogen-bond donors (Lipinski definition) is 0. The number of ether oxygens (including phenoxy) is 2. The van der Waals surface area contributed by atoms with Crippen LogP contribution in [0.3, 0.4) is 0 Å². The van der Waals surface area contributed by atoms with E-state index in [0.717, 1.165) is 0 Å². The molecule has 0 heterocycles. The summed E-state index contributed by atoms with van der Waals surface area (Å²) in [5.41, 5.74) is 0.908. The van der Waals surface area contributed by atoms with Crippen LogP contribution in [-0.4, -0.2) is 42.8 Å². The van der Waals surface area contributed by atoms with Crippen LogP contribution in [0.4, 0.5) is 4.39 Å². The van der Waals surface area contributed by atoms with E-state index in [4.69, 9.17) is 9.47 Å². The van der Waals surface area contributed by atoms with Crippen molar-refractivity contribution >= 4 is 17.7 Å². The fourth-order valence-corrected chi connectivity index (χ4v) is 2.19. The van der Waals surface area contributed by atoms with E-state index >= 15 is 0 Å². The SMILES string of the molecule is CC(=O)c1ccc(OCC(=O)OCC(=O)N(C)Cc2ccccc2F)cc1. The van der Waals surface area contributed by atoms with Gasteiger partial charge in [0, 0.05) is 24.7 Å². The number of ketones is 1. The Labute approximate surface area is 156 Å². The molecular formula is C20H20FNO5. The fourth-order valence-electron chi connectivity index (χ4n) is 2.19. The topological polar surface area (TPSA) is 72.9 Å². The third-order valence-electron chi connectivity index (χ3n) is 3.77. The summed E-state index contributed by atoms with van der Waals surface area (Å²) in [7, 11) is 1.50. The molecule has 7 heteroatoms.